The summed E-state index contributed by atoms with van der Waals surface area (Å²) in [6.07, 6.45) is 0. The number of carboxylic acid groups (broad SMARTS) is 1. The number of phenols is 1. The van der Waals surface area contributed by atoms with E-state index in [1.54, 1.807) is 13.0 Å². The molecule has 5 nitrogen and oxygen atoms in total. The van der Waals surface area contributed by atoms with Gasteiger partial charge in [0.2, 0.25) is 0 Å². The van der Waals surface area contributed by atoms with E-state index in [1.807, 2.05) is 0 Å². The van der Waals surface area contributed by atoms with Crippen molar-refractivity contribution in [1.82, 2.24) is 0 Å². The SMILES string of the molecule is COc1c(C)cc(C(N)C(=O)O)cc1O. The Labute approximate surface area is 87.1 Å². The van der Waals surface area contributed by atoms with E-state index in [4.69, 9.17) is 15.6 Å². The highest BCUT2D eigenvalue weighted by molar-refractivity contribution is 5.75. The highest BCUT2D eigenvalue weighted by atomic mass is 16.5. The molecule has 1 rings (SSSR count). The molecule has 1 atom stereocenters. The summed E-state index contributed by atoms with van der Waals surface area (Å²) < 4.78 is 4.93. The Morgan fingerprint density at radius 2 is 2.13 bits per heavy atom. The predicted molar refractivity (Wildman–Crippen MR) is 54.0 cm³/mol. The number of ether oxygens (including phenoxy) is 1. The van der Waals surface area contributed by atoms with Crippen LogP contribution in [0.2, 0.25) is 0 Å². The molecule has 5 heteroatoms. The minimum Gasteiger partial charge on any atom is -0.504 e. The molecule has 0 saturated carbocycles. The van der Waals surface area contributed by atoms with Gasteiger partial charge in [-0.25, -0.2) is 0 Å². The van der Waals surface area contributed by atoms with Crippen LogP contribution in [0, 0.1) is 6.92 Å². The number of benzene rings is 1. The minimum absolute atomic E-state index is 0.107. The average molecular weight is 211 g/mol. The first-order valence-corrected chi connectivity index (χ1v) is 4.33. The zero-order valence-electron chi connectivity index (χ0n) is 8.52. The number of hydrogen-bond acceptors (Lipinski definition) is 4. The van der Waals surface area contributed by atoms with Gasteiger partial charge in [-0.05, 0) is 30.2 Å². The second-order valence-electron chi connectivity index (χ2n) is 3.21. The van der Waals surface area contributed by atoms with Crippen LogP contribution in [0.1, 0.15) is 17.2 Å². The van der Waals surface area contributed by atoms with Crippen molar-refractivity contribution in [3.63, 3.8) is 0 Å². The Morgan fingerprint density at radius 1 is 1.53 bits per heavy atom. The largest absolute Gasteiger partial charge is 0.504 e. The quantitative estimate of drug-likeness (QED) is 0.687. The van der Waals surface area contributed by atoms with Crippen molar-refractivity contribution in [3.05, 3.63) is 23.3 Å². The van der Waals surface area contributed by atoms with Gasteiger partial charge in [0.15, 0.2) is 11.5 Å². The van der Waals surface area contributed by atoms with Crippen molar-refractivity contribution in [2.75, 3.05) is 7.11 Å². The highest BCUT2D eigenvalue weighted by Crippen LogP contribution is 2.32. The van der Waals surface area contributed by atoms with Crippen LogP contribution in [0.15, 0.2) is 12.1 Å². The molecule has 0 heterocycles. The maximum absolute atomic E-state index is 10.6. The van der Waals surface area contributed by atoms with Crippen molar-refractivity contribution in [3.8, 4) is 11.5 Å². The minimum atomic E-state index is -1.14. The third-order valence-electron chi connectivity index (χ3n) is 2.11. The monoisotopic (exact) mass is 211 g/mol. The molecule has 0 fully saturated rings. The van der Waals surface area contributed by atoms with Gasteiger partial charge in [-0.2, -0.15) is 0 Å². The summed E-state index contributed by atoms with van der Waals surface area (Å²) in [5, 5.41) is 18.2. The number of rotatable bonds is 3. The van der Waals surface area contributed by atoms with Gasteiger partial charge in [0.1, 0.15) is 6.04 Å². The Balaban J connectivity index is 3.19. The molecule has 15 heavy (non-hydrogen) atoms. The second kappa shape index (κ2) is 4.18. The van der Waals surface area contributed by atoms with Crippen LogP contribution in [0.4, 0.5) is 0 Å². The zero-order valence-corrected chi connectivity index (χ0v) is 8.52. The zero-order chi connectivity index (χ0) is 11.6. The van der Waals surface area contributed by atoms with Crippen LogP contribution in [-0.2, 0) is 4.79 Å². The number of methoxy groups -OCH3 is 1. The van der Waals surface area contributed by atoms with Crippen LogP contribution in [0.5, 0.6) is 11.5 Å². The van der Waals surface area contributed by atoms with Gasteiger partial charge in [0.05, 0.1) is 7.11 Å². The van der Waals surface area contributed by atoms with Gasteiger partial charge in [-0.15, -0.1) is 0 Å². The van der Waals surface area contributed by atoms with E-state index in [1.165, 1.54) is 13.2 Å². The lowest BCUT2D eigenvalue weighted by Gasteiger charge is -2.12. The molecule has 0 aliphatic rings. The van der Waals surface area contributed by atoms with Crippen LogP contribution >= 0.6 is 0 Å². The molecule has 0 aliphatic carbocycles. The molecular formula is C10H13NO4. The standard InChI is InChI=1S/C10H13NO4/c1-5-3-6(8(11)10(13)14)4-7(12)9(5)15-2/h3-4,8,12H,11H2,1-2H3,(H,13,14). The summed E-state index contributed by atoms with van der Waals surface area (Å²) in [5.41, 5.74) is 6.40. The molecular weight excluding hydrogens is 198 g/mol. The van der Waals surface area contributed by atoms with Crippen LogP contribution in [0.3, 0.4) is 0 Å². The predicted octanol–water partition coefficient (Wildman–Crippen LogP) is 0.794. The second-order valence-corrected chi connectivity index (χ2v) is 3.21. The fourth-order valence-electron chi connectivity index (χ4n) is 1.37. The Morgan fingerprint density at radius 3 is 2.53 bits per heavy atom. The molecule has 0 aliphatic heterocycles. The fourth-order valence-corrected chi connectivity index (χ4v) is 1.37. The summed E-state index contributed by atoms with van der Waals surface area (Å²) >= 11 is 0. The van der Waals surface area contributed by atoms with E-state index in [0.717, 1.165) is 0 Å². The maximum atomic E-state index is 10.6. The van der Waals surface area contributed by atoms with Crippen LogP contribution < -0.4 is 10.5 Å². The summed E-state index contributed by atoms with van der Waals surface area (Å²) in [5.74, 6) is -0.917. The van der Waals surface area contributed by atoms with Crippen molar-refractivity contribution in [2.45, 2.75) is 13.0 Å². The maximum Gasteiger partial charge on any atom is 0.325 e. The topological polar surface area (TPSA) is 92.8 Å². The van der Waals surface area contributed by atoms with Gasteiger partial charge >= 0.3 is 5.97 Å². The number of carbonyl (C=O) groups is 1. The lowest BCUT2D eigenvalue weighted by atomic mass is 10.0. The molecule has 0 saturated heterocycles. The van der Waals surface area contributed by atoms with Gasteiger partial charge in [0.25, 0.3) is 0 Å². The first-order valence-electron chi connectivity index (χ1n) is 4.33. The first kappa shape index (κ1) is 11.3. The summed E-state index contributed by atoms with van der Waals surface area (Å²) in [6.45, 7) is 1.70. The van der Waals surface area contributed by atoms with Gasteiger partial charge in [0, 0.05) is 0 Å². The normalized spacial score (nSPS) is 12.2. The third-order valence-corrected chi connectivity index (χ3v) is 2.11. The van der Waals surface area contributed by atoms with E-state index in [9.17, 15) is 9.90 Å². The average Bonchev–Trinajstić information content (AvgIpc) is 2.15. The lowest BCUT2D eigenvalue weighted by Crippen LogP contribution is -2.20. The molecule has 0 radical (unpaired) electrons. The van der Waals surface area contributed by atoms with Gasteiger partial charge in [-0.1, -0.05) is 0 Å². The van der Waals surface area contributed by atoms with Gasteiger partial charge < -0.3 is 20.7 Å². The smallest absolute Gasteiger partial charge is 0.325 e. The molecule has 0 aromatic heterocycles. The van der Waals surface area contributed by atoms with Gasteiger partial charge in [-0.3, -0.25) is 4.79 Å². The van der Waals surface area contributed by atoms with E-state index < -0.39 is 12.0 Å². The van der Waals surface area contributed by atoms with Crippen molar-refractivity contribution >= 4 is 5.97 Å². The molecule has 82 valence electrons. The van der Waals surface area contributed by atoms with Crippen molar-refractivity contribution < 1.29 is 19.7 Å². The molecule has 0 bridgehead atoms. The van der Waals surface area contributed by atoms with Crippen molar-refractivity contribution in [2.24, 2.45) is 5.73 Å². The third kappa shape index (κ3) is 2.19. The molecule has 0 amide bonds. The number of carboxylic acids is 1. The molecule has 1 aromatic rings. The summed E-state index contributed by atoms with van der Waals surface area (Å²) in [7, 11) is 1.43. The number of aromatic hydroxyl groups is 1. The Hall–Kier alpha value is -1.75. The summed E-state index contributed by atoms with van der Waals surface area (Å²) in [6, 6.07) is 1.74. The number of aliphatic carboxylic acids is 1. The van der Waals surface area contributed by atoms with E-state index in [0.29, 0.717) is 16.9 Å². The molecule has 1 unspecified atom stereocenters. The summed E-state index contributed by atoms with van der Waals surface area (Å²) in [4.78, 5) is 10.6. The number of phenolic OH excluding ortho intramolecular Hbond substituents is 1. The molecule has 0 spiro atoms. The lowest BCUT2D eigenvalue weighted by molar-refractivity contribution is -0.138. The van der Waals surface area contributed by atoms with E-state index in [2.05, 4.69) is 0 Å². The fraction of sp³-hybridized carbons (Fsp3) is 0.300. The number of hydrogen-bond donors (Lipinski definition) is 3. The van der Waals surface area contributed by atoms with Crippen LogP contribution in [0.25, 0.3) is 0 Å². The molecule has 4 N–H and O–H groups in total. The first-order chi connectivity index (χ1) is 6.97. The number of aryl methyl sites for hydroxylation is 1. The Bertz CT molecular complexity index is 366. The highest BCUT2D eigenvalue weighted by Gasteiger charge is 2.17. The molecule has 1 aromatic carbocycles. The van der Waals surface area contributed by atoms with Crippen LogP contribution in [-0.4, -0.2) is 23.3 Å². The van der Waals surface area contributed by atoms with Crippen molar-refractivity contribution in [1.29, 1.82) is 0 Å². The van der Waals surface area contributed by atoms with E-state index >= 15 is 0 Å². The number of nitrogens with two attached hydrogens (primary N) is 1. The van der Waals surface area contributed by atoms with E-state index in [-0.39, 0.29) is 5.75 Å². The Kier molecular flexibility index (Phi) is 3.16.